The Kier molecular flexibility index (Phi) is 5.88. The first kappa shape index (κ1) is 11.4. The second-order valence-corrected chi connectivity index (χ2v) is 5.04. The molecule has 1 nitrogen and oxygen atoms in total. The van der Waals surface area contributed by atoms with Gasteiger partial charge in [-0.25, -0.2) is 0 Å². The van der Waals surface area contributed by atoms with Crippen LogP contribution in [0.2, 0.25) is 0 Å². The van der Waals surface area contributed by atoms with Crippen LogP contribution in [-0.2, 0) is 0 Å². The molecule has 0 saturated heterocycles. The van der Waals surface area contributed by atoms with Crippen molar-refractivity contribution in [3.8, 4) is 0 Å². The Labute approximate surface area is 87.1 Å². The number of nitrogens with one attached hydrogen (secondary N) is 1. The van der Waals surface area contributed by atoms with Gasteiger partial charge in [0.1, 0.15) is 0 Å². The van der Waals surface area contributed by atoms with Gasteiger partial charge < -0.3 is 5.32 Å². The summed E-state index contributed by atoms with van der Waals surface area (Å²) in [7, 11) is 0. The van der Waals surface area contributed by atoms with Gasteiger partial charge in [-0.3, -0.25) is 0 Å². The van der Waals surface area contributed by atoms with Crippen molar-refractivity contribution in [3.05, 3.63) is 0 Å². The van der Waals surface area contributed by atoms with E-state index in [0.29, 0.717) is 0 Å². The van der Waals surface area contributed by atoms with E-state index in [0.717, 1.165) is 18.5 Å². The summed E-state index contributed by atoms with van der Waals surface area (Å²) in [6.07, 6.45) is 9.42. The third-order valence-electron chi connectivity index (χ3n) is 2.78. The predicted octanol–water partition coefficient (Wildman–Crippen LogP) is 2.91. The second kappa shape index (κ2) is 6.72. The van der Waals surface area contributed by atoms with E-state index < -0.39 is 0 Å². The Hall–Kier alpha value is 0.310. The molecule has 13 heavy (non-hydrogen) atoms. The molecule has 0 spiro atoms. The van der Waals surface area contributed by atoms with Gasteiger partial charge in [-0.15, -0.1) is 0 Å². The maximum absolute atomic E-state index is 3.59. The van der Waals surface area contributed by atoms with Gasteiger partial charge in [-0.1, -0.05) is 19.8 Å². The van der Waals surface area contributed by atoms with Crippen LogP contribution < -0.4 is 5.32 Å². The fourth-order valence-electron chi connectivity index (χ4n) is 1.74. The van der Waals surface area contributed by atoms with E-state index in [9.17, 15) is 0 Å². The van der Waals surface area contributed by atoms with Gasteiger partial charge in [-0.05, 0) is 43.7 Å². The van der Waals surface area contributed by atoms with Gasteiger partial charge in [0.15, 0.2) is 0 Å². The van der Waals surface area contributed by atoms with Crippen molar-refractivity contribution in [2.24, 2.45) is 5.92 Å². The fourth-order valence-corrected chi connectivity index (χ4v) is 2.26. The molecule has 1 unspecified atom stereocenters. The van der Waals surface area contributed by atoms with Crippen LogP contribution in [0.3, 0.4) is 0 Å². The summed E-state index contributed by atoms with van der Waals surface area (Å²) in [4.78, 5) is 0. The molecule has 0 heterocycles. The van der Waals surface area contributed by atoms with E-state index in [1.807, 2.05) is 11.8 Å². The molecule has 0 aromatic carbocycles. The van der Waals surface area contributed by atoms with Crippen molar-refractivity contribution >= 4 is 11.8 Å². The van der Waals surface area contributed by atoms with E-state index in [-0.39, 0.29) is 0 Å². The molecule has 1 aliphatic rings. The highest BCUT2D eigenvalue weighted by Gasteiger charge is 2.21. The maximum Gasteiger partial charge on any atom is 0.00749 e. The van der Waals surface area contributed by atoms with Crippen LogP contribution in [-0.4, -0.2) is 24.6 Å². The number of hydrogen-bond acceptors (Lipinski definition) is 2. The molecule has 0 radical (unpaired) electrons. The lowest BCUT2D eigenvalue weighted by atomic mass is 10.1. The van der Waals surface area contributed by atoms with Gasteiger partial charge in [-0.2, -0.15) is 11.8 Å². The van der Waals surface area contributed by atoms with Crippen LogP contribution >= 0.6 is 11.8 Å². The fraction of sp³-hybridized carbons (Fsp3) is 1.00. The largest absolute Gasteiger partial charge is 0.314 e. The minimum absolute atomic E-state index is 0.790. The minimum atomic E-state index is 0.790. The van der Waals surface area contributed by atoms with Crippen LogP contribution in [0.4, 0.5) is 0 Å². The average molecular weight is 201 g/mol. The predicted molar refractivity (Wildman–Crippen MR) is 62.4 cm³/mol. The molecule has 1 saturated carbocycles. The van der Waals surface area contributed by atoms with Crippen molar-refractivity contribution < 1.29 is 0 Å². The second-order valence-electron chi connectivity index (χ2n) is 4.06. The molecule has 0 aliphatic heterocycles. The third kappa shape index (κ3) is 5.58. The molecule has 2 heteroatoms. The topological polar surface area (TPSA) is 12.0 Å². The normalized spacial score (nSPS) is 18.9. The quantitative estimate of drug-likeness (QED) is 0.648. The molecule has 1 N–H and O–H groups in total. The zero-order valence-electron chi connectivity index (χ0n) is 9.01. The van der Waals surface area contributed by atoms with Crippen LogP contribution in [0.5, 0.6) is 0 Å². The molecular weight excluding hydrogens is 178 g/mol. The first-order valence-electron chi connectivity index (χ1n) is 5.59. The zero-order valence-corrected chi connectivity index (χ0v) is 9.83. The lowest BCUT2D eigenvalue weighted by Gasteiger charge is -2.16. The SMILES string of the molecule is CCNC(CCSC)CCC1CC1. The molecular formula is C11H23NS. The molecule has 1 fully saturated rings. The van der Waals surface area contributed by atoms with Crippen LogP contribution in [0.1, 0.15) is 39.0 Å². The van der Waals surface area contributed by atoms with E-state index in [2.05, 4.69) is 18.5 Å². The molecule has 1 rings (SSSR count). The molecule has 78 valence electrons. The summed E-state index contributed by atoms with van der Waals surface area (Å²) in [6, 6.07) is 0.790. The van der Waals surface area contributed by atoms with Gasteiger partial charge in [0.25, 0.3) is 0 Å². The molecule has 0 bridgehead atoms. The number of hydrogen-bond donors (Lipinski definition) is 1. The van der Waals surface area contributed by atoms with Gasteiger partial charge >= 0.3 is 0 Å². The summed E-state index contributed by atoms with van der Waals surface area (Å²) >= 11 is 1.97. The van der Waals surface area contributed by atoms with Crippen LogP contribution in [0.15, 0.2) is 0 Å². The Balaban J connectivity index is 2.03. The molecule has 0 aromatic heterocycles. The zero-order chi connectivity index (χ0) is 9.52. The third-order valence-corrected chi connectivity index (χ3v) is 3.43. The smallest absolute Gasteiger partial charge is 0.00749 e. The highest BCUT2D eigenvalue weighted by atomic mass is 32.2. The summed E-state index contributed by atoms with van der Waals surface area (Å²) < 4.78 is 0. The minimum Gasteiger partial charge on any atom is -0.314 e. The highest BCUT2D eigenvalue weighted by Crippen LogP contribution is 2.34. The monoisotopic (exact) mass is 201 g/mol. The molecule has 0 amide bonds. The van der Waals surface area contributed by atoms with Crippen molar-refractivity contribution in [3.63, 3.8) is 0 Å². The number of thioether (sulfide) groups is 1. The van der Waals surface area contributed by atoms with Crippen LogP contribution in [0.25, 0.3) is 0 Å². The average Bonchev–Trinajstić information content (AvgIpc) is 2.93. The van der Waals surface area contributed by atoms with Crippen molar-refractivity contribution in [1.29, 1.82) is 0 Å². The van der Waals surface area contributed by atoms with Gasteiger partial charge in [0.05, 0.1) is 0 Å². The Morgan fingerprint density at radius 1 is 1.38 bits per heavy atom. The summed E-state index contributed by atoms with van der Waals surface area (Å²) in [5, 5.41) is 3.59. The van der Waals surface area contributed by atoms with E-state index >= 15 is 0 Å². The lowest BCUT2D eigenvalue weighted by Crippen LogP contribution is -2.29. The molecule has 0 aromatic rings. The van der Waals surface area contributed by atoms with Crippen LogP contribution in [0, 0.1) is 5.92 Å². The van der Waals surface area contributed by atoms with Gasteiger partial charge in [0, 0.05) is 6.04 Å². The van der Waals surface area contributed by atoms with Crippen molar-refractivity contribution in [1.82, 2.24) is 5.32 Å². The first-order chi connectivity index (χ1) is 6.36. The Morgan fingerprint density at radius 2 is 2.15 bits per heavy atom. The standard InChI is InChI=1S/C11H23NS/c1-3-12-11(8-9-13-2)7-6-10-4-5-10/h10-12H,3-9H2,1-2H3. The lowest BCUT2D eigenvalue weighted by molar-refractivity contribution is 0.456. The van der Waals surface area contributed by atoms with Crippen molar-refractivity contribution in [2.45, 2.75) is 45.1 Å². The first-order valence-corrected chi connectivity index (χ1v) is 6.98. The van der Waals surface area contributed by atoms with Crippen molar-refractivity contribution in [2.75, 3.05) is 18.6 Å². The Bertz CT molecular complexity index is 123. The van der Waals surface area contributed by atoms with E-state index in [1.165, 1.54) is 37.9 Å². The summed E-state index contributed by atoms with van der Waals surface area (Å²) in [5.74, 6) is 2.40. The maximum atomic E-state index is 3.59. The van der Waals surface area contributed by atoms with Gasteiger partial charge in [0.2, 0.25) is 0 Å². The number of rotatable bonds is 8. The Morgan fingerprint density at radius 3 is 2.69 bits per heavy atom. The highest BCUT2D eigenvalue weighted by molar-refractivity contribution is 7.98. The van der Waals surface area contributed by atoms with E-state index in [4.69, 9.17) is 0 Å². The van der Waals surface area contributed by atoms with E-state index in [1.54, 1.807) is 0 Å². The molecule has 1 atom stereocenters. The summed E-state index contributed by atoms with van der Waals surface area (Å²) in [5.41, 5.74) is 0. The molecule has 1 aliphatic carbocycles. The summed E-state index contributed by atoms with van der Waals surface area (Å²) in [6.45, 7) is 3.34.